The van der Waals surface area contributed by atoms with Crippen LogP contribution in [0.25, 0.3) is 0 Å². The fourth-order valence-corrected chi connectivity index (χ4v) is 2.17. The van der Waals surface area contributed by atoms with E-state index in [1.54, 1.807) is 24.3 Å². The van der Waals surface area contributed by atoms with Crippen molar-refractivity contribution in [2.24, 2.45) is 0 Å². The van der Waals surface area contributed by atoms with Gasteiger partial charge in [0.2, 0.25) is 0 Å². The van der Waals surface area contributed by atoms with Crippen LogP contribution in [0.5, 0.6) is 0 Å². The minimum Gasteiger partial charge on any atom is -0.399 e. The first-order valence-corrected chi connectivity index (χ1v) is 7.45. The maximum absolute atomic E-state index is 14.0. The molecule has 0 bridgehead atoms. The second kappa shape index (κ2) is 7.61. The Balaban J connectivity index is 2.20. The summed E-state index contributed by atoms with van der Waals surface area (Å²) in [6.45, 7) is 2.09. The summed E-state index contributed by atoms with van der Waals surface area (Å²) >= 11 is 0. The largest absolute Gasteiger partial charge is 0.399 e. The fourth-order valence-electron chi connectivity index (χ4n) is 2.17. The minimum absolute atomic E-state index is 0.184. The topological polar surface area (TPSA) is 26.0 Å². The molecule has 0 spiro atoms. The Kier molecular flexibility index (Phi) is 5.55. The second-order valence-electron chi connectivity index (χ2n) is 5.26. The van der Waals surface area contributed by atoms with Crippen molar-refractivity contribution in [3.8, 4) is 11.8 Å². The van der Waals surface area contributed by atoms with E-state index in [-0.39, 0.29) is 5.56 Å². The van der Waals surface area contributed by atoms with Crippen LogP contribution in [0, 0.1) is 23.5 Å². The number of benzene rings is 2. The molecule has 0 fully saturated rings. The van der Waals surface area contributed by atoms with E-state index >= 15 is 0 Å². The van der Waals surface area contributed by atoms with E-state index in [4.69, 9.17) is 5.73 Å². The molecule has 3 heteroatoms. The first-order valence-electron chi connectivity index (χ1n) is 7.45. The van der Waals surface area contributed by atoms with Gasteiger partial charge in [0.1, 0.15) is 11.6 Å². The van der Waals surface area contributed by atoms with Gasteiger partial charge in [0.15, 0.2) is 0 Å². The molecule has 0 aliphatic rings. The van der Waals surface area contributed by atoms with Gasteiger partial charge in [-0.05, 0) is 54.8 Å². The maximum atomic E-state index is 14.0. The molecule has 1 nitrogen and oxygen atoms in total. The molecule has 0 heterocycles. The summed E-state index contributed by atoms with van der Waals surface area (Å²) in [5, 5.41) is 0. The van der Waals surface area contributed by atoms with Crippen LogP contribution in [0.4, 0.5) is 14.5 Å². The van der Waals surface area contributed by atoms with Crippen molar-refractivity contribution in [3.05, 3.63) is 64.7 Å². The zero-order valence-electron chi connectivity index (χ0n) is 12.6. The average molecular weight is 299 g/mol. The summed E-state index contributed by atoms with van der Waals surface area (Å²) in [6, 6.07) is 9.60. The van der Waals surface area contributed by atoms with E-state index in [9.17, 15) is 8.78 Å². The number of unbranched alkanes of at least 4 members (excludes halogenated alkanes) is 2. The summed E-state index contributed by atoms with van der Waals surface area (Å²) < 4.78 is 28.0. The molecule has 2 N–H and O–H groups in total. The Hall–Kier alpha value is -2.34. The number of hydrogen-bond acceptors (Lipinski definition) is 1. The molecule has 0 amide bonds. The SMILES string of the molecule is CCCCCc1cc(F)c(C#Cc2ccc(N)cc2)c(F)c1. The molecular weight excluding hydrogens is 280 g/mol. The van der Waals surface area contributed by atoms with Crippen molar-refractivity contribution in [3.63, 3.8) is 0 Å². The molecule has 0 atom stereocenters. The van der Waals surface area contributed by atoms with E-state index in [1.807, 2.05) is 0 Å². The van der Waals surface area contributed by atoms with Gasteiger partial charge in [-0.25, -0.2) is 8.78 Å². The third-order valence-corrected chi connectivity index (χ3v) is 3.41. The molecular formula is C19H19F2N. The Morgan fingerprint density at radius 3 is 2.18 bits per heavy atom. The molecule has 0 aliphatic heterocycles. The maximum Gasteiger partial charge on any atom is 0.142 e. The normalized spacial score (nSPS) is 10.1. The Labute approximate surface area is 130 Å². The molecule has 114 valence electrons. The van der Waals surface area contributed by atoms with Crippen molar-refractivity contribution in [1.82, 2.24) is 0 Å². The van der Waals surface area contributed by atoms with Gasteiger partial charge < -0.3 is 5.73 Å². The standard InChI is InChI=1S/C19H19F2N/c1-2-3-4-5-15-12-18(20)17(19(21)13-15)11-8-14-6-9-16(22)10-7-14/h6-7,9-10,12-13H,2-5,22H2,1H3. The van der Waals surface area contributed by atoms with E-state index in [2.05, 4.69) is 18.8 Å². The Morgan fingerprint density at radius 1 is 0.955 bits per heavy atom. The van der Waals surface area contributed by atoms with Crippen LogP contribution in [-0.4, -0.2) is 0 Å². The molecule has 0 radical (unpaired) electrons. The van der Waals surface area contributed by atoms with Crippen molar-refractivity contribution in [1.29, 1.82) is 0 Å². The zero-order chi connectivity index (χ0) is 15.9. The van der Waals surface area contributed by atoms with Gasteiger partial charge >= 0.3 is 0 Å². The summed E-state index contributed by atoms with van der Waals surface area (Å²) in [5.41, 5.74) is 7.37. The zero-order valence-corrected chi connectivity index (χ0v) is 12.6. The third-order valence-electron chi connectivity index (χ3n) is 3.41. The number of nitrogens with two attached hydrogens (primary N) is 1. The Bertz CT molecular complexity index is 671. The molecule has 2 aromatic carbocycles. The predicted molar refractivity (Wildman–Crippen MR) is 86.4 cm³/mol. The summed E-state index contributed by atoms with van der Waals surface area (Å²) in [6.07, 6.45) is 3.76. The smallest absolute Gasteiger partial charge is 0.142 e. The molecule has 22 heavy (non-hydrogen) atoms. The van der Waals surface area contributed by atoms with E-state index in [0.29, 0.717) is 23.2 Å². The summed E-state index contributed by atoms with van der Waals surface area (Å²) in [5.74, 6) is 4.12. The third kappa shape index (κ3) is 4.33. The highest BCUT2D eigenvalue weighted by Crippen LogP contribution is 2.17. The van der Waals surface area contributed by atoms with Gasteiger partial charge in [-0.3, -0.25) is 0 Å². The van der Waals surface area contributed by atoms with Gasteiger partial charge in [-0.15, -0.1) is 0 Å². The summed E-state index contributed by atoms with van der Waals surface area (Å²) in [7, 11) is 0. The highest BCUT2D eigenvalue weighted by molar-refractivity contribution is 5.48. The first-order chi connectivity index (χ1) is 10.6. The first kappa shape index (κ1) is 16.0. The van der Waals surface area contributed by atoms with Gasteiger partial charge in [0, 0.05) is 11.3 Å². The molecule has 0 unspecified atom stereocenters. The number of hydrogen-bond donors (Lipinski definition) is 1. The van der Waals surface area contributed by atoms with E-state index in [1.165, 1.54) is 12.1 Å². The monoisotopic (exact) mass is 299 g/mol. The average Bonchev–Trinajstić information content (AvgIpc) is 2.48. The highest BCUT2D eigenvalue weighted by atomic mass is 19.1. The number of aryl methyl sites for hydroxylation is 1. The van der Waals surface area contributed by atoms with Gasteiger partial charge in [0.05, 0.1) is 5.56 Å². The number of nitrogen functional groups attached to an aromatic ring is 1. The molecule has 2 rings (SSSR count). The van der Waals surface area contributed by atoms with Crippen LogP contribution in [0.1, 0.15) is 42.9 Å². The van der Waals surface area contributed by atoms with Crippen molar-refractivity contribution < 1.29 is 8.78 Å². The van der Waals surface area contributed by atoms with Crippen LogP contribution in [0.15, 0.2) is 36.4 Å². The van der Waals surface area contributed by atoms with Crippen molar-refractivity contribution >= 4 is 5.69 Å². The van der Waals surface area contributed by atoms with E-state index in [0.717, 1.165) is 19.3 Å². The lowest BCUT2D eigenvalue weighted by Gasteiger charge is -2.04. The molecule has 0 aliphatic carbocycles. The Morgan fingerprint density at radius 2 is 1.59 bits per heavy atom. The van der Waals surface area contributed by atoms with Crippen LogP contribution < -0.4 is 5.73 Å². The van der Waals surface area contributed by atoms with Crippen LogP contribution in [0.2, 0.25) is 0 Å². The quantitative estimate of drug-likeness (QED) is 0.495. The fraction of sp³-hybridized carbons (Fsp3) is 0.263. The van der Waals surface area contributed by atoms with Crippen LogP contribution in [0.3, 0.4) is 0 Å². The summed E-state index contributed by atoms with van der Waals surface area (Å²) in [4.78, 5) is 0. The van der Waals surface area contributed by atoms with Crippen LogP contribution in [-0.2, 0) is 6.42 Å². The second-order valence-corrected chi connectivity index (χ2v) is 5.26. The number of rotatable bonds is 4. The molecule has 0 saturated carbocycles. The van der Waals surface area contributed by atoms with Crippen LogP contribution >= 0.6 is 0 Å². The highest BCUT2D eigenvalue weighted by Gasteiger charge is 2.09. The molecule has 0 saturated heterocycles. The lowest BCUT2D eigenvalue weighted by Crippen LogP contribution is -1.95. The lowest BCUT2D eigenvalue weighted by atomic mass is 10.0. The number of anilines is 1. The molecule has 2 aromatic rings. The lowest BCUT2D eigenvalue weighted by molar-refractivity contribution is 0.572. The molecule has 0 aromatic heterocycles. The van der Waals surface area contributed by atoms with Gasteiger partial charge in [-0.2, -0.15) is 0 Å². The predicted octanol–water partition coefficient (Wildman–Crippen LogP) is 4.68. The van der Waals surface area contributed by atoms with E-state index < -0.39 is 11.6 Å². The van der Waals surface area contributed by atoms with Crippen molar-refractivity contribution in [2.75, 3.05) is 5.73 Å². The van der Waals surface area contributed by atoms with Crippen molar-refractivity contribution in [2.45, 2.75) is 32.6 Å². The minimum atomic E-state index is -0.602. The van der Waals surface area contributed by atoms with Gasteiger partial charge in [0.25, 0.3) is 0 Å². The number of halogens is 2. The van der Waals surface area contributed by atoms with Gasteiger partial charge in [-0.1, -0.05) is 31.6 Å².